The second kappa shape index (κ2) is 8.51. The molecule has 0 saturated heterocycles. The van der Waals surface area contributed by atoms with Crippen molar-refractivity contribution in [3.63, 3.8) is 0 Å². The van der Waals surface area contributed by atoms with Crippen LogP contribution in [0.1, 0.15) is 20.7 Å². The van der Waals surface area contributed by atoms with E-state index in [0.29, 0.717) is 22.5 Å². The zero-order valence-corrected chi connectivity index (χ0v) is 16.1. The molecular weight excluding hydrogens is 408 g/mol. The zero-order chi connectivity index (χ0) is 19.2. The number of nitrogens with one attached hydrogen (secondary N) is 2. The molecule has 3 aromatic carbocycles. The van der Waals surface area contributed by atoms with Gasteiger partial charge < -0.3 is 15.4 Å². The molecule has 27 heavy (non-hydrogen) atoms. The molecule has 0 bridgehead atoms. The third-order valence-corrected chi connectivity index (χ3v) is 4.33. The molecule has 6 heteroatoms. The quantitative estimate of drug-likeness (QED) is 0.607. The van der Waals surface area contributed by atoms with Crippen LogP contribution >= 0.6 is 15.9 Å². The van der Waals surface area contributed by atoms with Gasteiger partial charge in [-0.2, -0.15) is 0 Å². The van der Waals surface area contributed by atoms with E-state index >= 15 is 0 Å². The highest BCUT2D eigenvalue weighted by molar-refractivity contribution is 9.10. The van der Waals surface area contributed by atoms with Gasteiger partial charge in [0.1, 0.15) is 5.75 Å². The second-order valence-corrected chi connectivity index (χ2v) is 6.64. The van der Waals surface area contributed by atoms with Crippen molar-refractivity contribution in [1.82, 2.24) is 0 Å². The summed E-state index contributed by atoms with van der Waals surface area (Å²) in [5.41, 5.74) is 2.32. The molecule has 0 aromatic heterocycles. The van der Waals surface area contributed by atoms with Crippen molar-refractivity contribution in [2.75, 3.05) is 17.7 Å². The number of methoxy groups -OCH3 is 1. The number of carbonyl (C=O) groups excluding carboxylic acids is 2. The fourth-order valence-electron chi connectivity index (χ4n) is 2.42. The Kier molecular flexibility index (Phi) is 5.88. The van der Waals surface area contributed by atoms with Gasteiger partial charge in [-0.05, 0) is 66.7 Å². The van der Waals surface area contributed by atoms with Crippen LogP contribution in [0.25, 0.3) is 0 Å². The monoisotopic (exact) mass is 424 g/mol. The summed E-state index contributed by atoms with van der Waals surface area (Å²) in [6.45, 7) is 0. The highest BCUT2D eigenvalue weighted by atomic mass is 79.9. The van der Waals surface area contributed by atoms with Gasteiger partial charge in [0.05, 0.1) is 7.11 Å². The molecule has 3 aromatic rings. The van der Waals surface area contributed by atoms with Crippen molar-refractivity contribution in [3.8, 4) is 5.75 Å². The number of hydrogen-bond acceptors (Lipinski definition) is 3. The van der Waals surface area contributed by atoms with E-state index in [-0.39, 0.29) is 11.8 Å². The molecule has 0 aliphatic rings. The largest absolute Gasteiger partial charge is 0.497 e. The summed E-state index contributed by atoms with van der Waals surface area (Å²) in [6.07, 6.45) is 0. The Morgan fingerprint density at radius 2 is 1.33 bits per heavy atom. The highest BCUT2D eigenvalue weighted by Gasteiger charge is 2.09. The molecule has 2 amide bonds. The van der Waals surface area contributed by atoms with E-state index in [2.05, 4.69) is 26.6 Å². The molecule has 0 radical (unpaired) electrons. The summed E-state index contributed by atoms with van der Waals surface area (Å²) in [4.78, 5) is 24.6. The van der Waals surface area contributed by atoms with Crippen LogP contribution in [-0.4, -0.2) is 18.9 Å². The van der Waals surface area contributed by atoms with Crippen LogP contribution in [0.5, 0.6) is 5.75 Å². The van der Waals surface area contributed by atoms with Crippen LogP contribution in [0.15, 0.2) is 77.3 Å². The first-order valence-electron chi connectivity index (χ1n) is 8.17. The van der Waals surface area contributed by atoms with Crippen LogP contribution < -0.4 is 15.4 Å². The normalized spacial score (nSPS) is 10.1. The lowest BCUT2D eigenvalue weighted by atomic mass is 10.1. The lowest BCUT2D eigenvalue weighted by molar-refractivity contribution is 0.102. The van der Waals surface area contributed by atoms with Gasteiger partial charge in [0.25, 0.3) is 11.8 Å². The Balaban J connectivity index is 1.63. The number of anilines is 2. The molecule has 0 atom stereocenters. The first kappa shape index (κ1) is 18.7. The van der Waals surface area contributed by atoms with Crippen molar-refractivity contribution in [2.24, 2.45) is 0 Å². The van der Waals surface area contributed by atoms with Gasteiger partial charge in [0.15, 0.2) is 0 Å². The minimum atomic E-state index is -0.231. The van der Waals surface area contributed by atoms with E-state index in [9.17, 15) is 9.59 Å². The molecule has 0 spiro atoms. The topological polar surface area (TPSA) is 67.4 Å². The van der Waals surface area contributed by atoms with Crippen LogP contribution in [0.2, 0.25) is 0 Å². The van der Waals surface area contributed by atoms with Crippen molar-refractivity contribution in [1.29, 1.82) is 0 Å². The SMILES string of the molecule is COc1ccc(NC(=O)c2ccc(NC(=O)c3cccc(Br)c3)cc2)cc1. The van der Waals surface area contributed by atoms with E-state index in [1.165, 1.54) is 0 Å². The minimum Gasteiger partial charge on any atom is -0.497 e. The highest BCUT2D eigenvalue weighted by Crippen LogP contribution is 2.18. The molecule has 136 valence electrons. The minimum absolute atomic E-state index is 0.216. The molecule has 5 nitrogen and oxygen atoms in total. The van der Waals surface area contributed by atoms with Gasteiger partial charge >= 0.3 is 0 Å². The Hall–Kier alpha value is -3.12. The summed E-state index contributed by atoms with van der Waals surface area (Å²) in [7, 11) is 1.59. The average Bonchev–Trinajstić information content (AvgIpc) is 2.69. The first-order chi connectivity index (χ1) is 13.0. The molecule has 2 N–H and O–H groups in total. The molecule has 3 rings (SSSR count). The Labute approximate surface area is 165 Å². The molecule has 0 heterocycles. The lowest BCUT2D eigenvalue weighted by Gasteiger charge is -2.08. The smallest absolute Gasteiger partial charge is 0.255 e. The maximum atomic E-state index is 12.3. The predicted molar refractivity (Wildman–Crippen MR) is 109 cm³/mol. The standard InChI is InChI=1S/C21H17BrN2O3/c1-27-19-11-9-18(10-12-19)23-20(25)14-5-7-17(8-6-14)24-21(26)15-3-2-4-16(22)13-15/h2-13H,1H3,(H,23,25)(H,24,26). The van der Waals surface area contributed by atoms with Crippen molar-refractivity contribution in [3.05, 3.63) is 88.4 Å². The summed E-state index contributed by atoms with van der Waals surface area (Å²) in [5, 5.41) is 5.62. The van der Waals surface area contributed by atoms with E-state index in [1.807, 2.05) is 6.07 Å². The molecule has 0 saturated carbocycles. The average molecular weight is 425 g/mol. The number of amides is 2. The van der Waals surface area contributed by atoms with Crippen molar-refractivity contribution < 1.29 is 14.3 Å². The van der Waals surface area contributed by atoms with Crippen LogP contribution in [-0.2, 0) is 0 Å². The van der Waals surface area contributed by atoms with Crippen LogP contribution in [0, 0.1) is 0 Å². The molecular formula is C21H17BrN2O3. The number of carbonyl (C=O) groups is 2. The zero-order valence-electron chi connectivity index (χ0n) is 14.5. The molecule has 0 fully saturated rings. The third-order valence-electron chi connectivity index (χ3n) is 3.84. The van der Waals surface area contributed by atoms with E-state index in [4.69, 9.17) is 4.74 Å². The summed E-state index contributed by atoms with van der Waals surface area (Å²) in [5.74, 6) is 0.273. The van der Waals surface area contributed by atoms with Gasteiger partial charge in [0, 0.05) is 27.0 Å². The van der Waals surface area contributed by atoms with Gasteiger partial charge in [-0.25, -0.2) is 0 Å². The fraction of sp³-hybridized carbons (Fsp3) is 0.0476. The lowest BCUT2D eigenvalue weighted by Crippen LogP contribution is -2.13. The maximum absolute atomic E-state index is 12.3. The van der Waals surface area contributed by atoms with E-state index in [1.54, 1.807) is 73.8 Å². The summed E-state index contributed by atoms with van der Waals surface area (Å²) >= 11 is 3.35. The Bertz CT molecular complexity index is 954. The Morgan fingerprint density at radius 3 is 1.89 bits per heavy atom. The molecule has 0 aliphatic heterocycles. The van der Waals surface area contributed by atoms with Crippen molar-refractivity contribution >= 4 is 39.1 Å². The van der Waals surface area contributed by atoms with Gasteiger partial charge in [0.2, 0.25) is 0 Å². The van der Waals surface area contributed by atoms with Crippen LogP contribution in [0.3, 0.4) is 0 Å². The number of ether oxygens (including phenoxy) is 1. The van der Waals surface area contributed by atoms with Gasteiger partial charge in [-0.15, -0.1) is 0 Å². The predicted octanol–water partition coefficient (Wildman–Crippen LogP) is 4.96. The number of rotatable bonds is 5. The van der Waals surface area contributed by atoms with Gasteiger partial charge in [-0.3, -0.25) is 9.59 Å². The van der Waals surface area contributed by atoms with E-state index < -0.39 is 0 Å². The fourth-order valence-corrected chi connectivity index (χ4v) is 2.81. The summed E-state index contributed by atoms with van der Waals surface area (Å²) in [6, 6.07) is 20.9. The number of hydrogen-bond donors (Lipinski definition) is 2. The maximum Gasteiger partial charge on any atom is 0.255 e. The summed E-state index contributed by atoms with van der Waals surface area (Å²) < 4.78 is 5.93. The van der Waals surface area contributed by atoms with Crippen molar-refractivity contribution in [2.45, 2.75) is 0 Å². The van der Waals surface area contributed by atoms with E-state index in [0.717, 1.165) is 10.2 Å². The first-order valence-corrected chi connectivity index (χ1v) is 8.97. The molecule has 0 aliphatic carbocycles. The molecule has 0 unspecified atom stereocenters. The third kappa shape index (κ3) is 4.95. The van der Waals surface area contributed by atoms with Gasteiger partial charge in [-0.1, -0.05) is 22.0 Å². The second-order valence-electron chi connectivity index (χ2n) is 5.72. The number of halogens is 1. The number of benzene rings is 3. The Morgan fingerprint density at radius 1 is 0.778 bits per heavy atom. The van der Waals surface area contributed by atoms with Crippen LogP contribution in [0.4, 0.5) is 11.4 Å².